The third-order valence-corrected chi connectivity index (χ3v) is 6.86. The number of para-hydroxylation sites is 1. The average molecular weight is 479 g/mol. The zero-order valence-electron chi connectivity index (χ0n) is 20.3. The highest BCUT2D eigenvalue weighted by Crippen LogP contribution is 2.26. The molecule has 0 aliphatic carbocycles. The van der Waals surface area contributed by atoms with E-state index in [1.54, 1.807) is 7.05 Å². The number of nitrogens with one attached hydrogen (secondary N) is 1. The maximum atomic E-state index is 11.8. The molecule has 0 unspecified atom stereocenters. The molecule has 1 aliphatic rings. The van der Waals surface area contributed by atoms with E-state index in [-0.39, 0.29) is 11.9 Å². The summed E-state index contributed by atoms with van der Waals surface area (Å²) >= 11 is 5.93. The van der Waals surface area contributed by atoms with Crippen molar-refractivity contribution in [2.75, 3.05) is 27.2 Å². The number of likely N-dealkylation sites (tertiary alicyclic amines) is 1. The quantitative estimate of drug-likeness (QED) is 0.487. The van der Waals surface area contributed by atoms with E-state index in [9.17, 15) is 4.79 Å². The van der Waals surface area contributed by atoms with Gasteiger partial charge in [-0.3, -0.25) is 19.2 Å². The highest BCUT2D eigenvalue weighted by Gasteiger charge is 2.25. The van der Waals surface area contributed by atoms with E-state index >= 15 is 0 Å². The maximum absolute atomic E-state index is 11.8. The number of nitrogens with zero attached hydrogens (tertiary/aromatic N) is 5. The summed E-state index contributed by atoms with van der Waals surface area (Å²) in [5.41, 5.74) is 2.84. The Morgan fingerprint density at radius 1 is 1.09 bits per heavy atom. The minimum absolute atomic E-state index is 0.0759. The molecule has 2 heterocycles. The fraction of sp³-hybridized carbons (Fsp3) is 0.423. The van der Waals surface area contributed by atoms with Gasteiger partial charge in [0, 0.05) is 24.8 Å². The largest absolute Gasteiger partial charge is 0.355 e. The summed E-state index contributed by atoms with van der Waals surface area (Å²) in [7, 11) is 3.70. The van der Waals surface area contributed by atoms with Gasteiger partial charge in [0.2, 0.25) is 4.77 Å². The number of piperidine rings is 1. The van der Waals surface area contributed by atoms with Gasteiger partial charge < -0.3 is 5.32 Å². The fourth-order valence-electron chi connectivity index (χ4n) is 4.57. The van der Waals surface area contributed by atoms with Crippen molar-refractivity contribution in [3.8, 4) is 5.69 Å². The molecule has 0 spiro atoms. The first-order valence-corrected chi connectivity index (χ1v) is 12.4. The average Bonchev–Trinajstić information content (AvgIpc) is 3.20. The Morgan fingerprint density at radius 3 is 2.41 bits per heavy atom. The molecule has 0 bridgehead atoms. The lowest BCUT2D eigenvalue weighted by atomic mass is 10.1. The van der Waals surface area contributed by atoms with Crippen molar-refractivity contribution >= 4 is 18.1 Å². The normalized spacial score (nSPS) is 15.4. The molecule has 180 valence electrons. The van der Waals surface area contributed by atoms with Crippen LogP contribution in [0.1, 0.15) is 54.0 Å². The van der Waals surface area contributed by atoms with Crippen LogP contribution in [0, 0.1) is 4.77 Å². The maximum Gasteiger partial charge on any atom is 0.251 e. The van der Waals surface area contributed by atoms with Crippen LogP contribution >= 0.6 is 12.2 Å². The second-order valence-electron chi connectivity index (χ2n) is 9.02. The lowest BCUT2D eigenvalue weighted by molar-refractivity contribution is 0.0963. The summed E-state index contributed by atoms with van der Waals surface area (Å²) in [4.78, 5) is 16.5. The zero-order valence-corrected chi connectivity index (χ0v) is 21.1. The molecule has 4 rings (SSSR count). The molecule has 1 saturated heterocycles. The van der Waals surface area contributed by atoms with Crippen molar-refractivity contribution < 1.29 is 4.79 Å². The van der Waals surface area contributed by atoms with Crippen molar-refractivity contribution in [3.05, 3.63) is 76.3 Å². The van der Waals surface area contributed by atoms with Crippen LogP contribution in [0.15, 0.2) is 54.6 Å². The molecule has 2 aromatic carbocycles. The van der Waals surface area contributed by atoms with Crippen molar-refractivity contribution in [1.82, 2.24) is 29.5 Å². The van der Waals surface area contributed by atoms with Gasteiger partial charge in [-0.1, -0.05) is 36.8 Å². The predicted molar refractivity (Wildman–Crippen MR) is 138 cm³/mol. The summed E-state index contributed by atoms with van der Waals surface area (Å²) in [5.74, 6) is 0.912. The van der Waals surface area contributed by atoms with Crippen molar-refractivity contribution in [1.29, 1.82) is 0 Å². The monoisotopic (exact) mass is 478 g/mol. The number of hydrogen-bond donors (Lipinski definition) is 1. The molecular formula is C26H34N6OS. The molecule has 8 heteroatoms. The minimum Gasteiger partial charge on any atom is -0.355 e. The van der Waals surface area contributed by atoms with Crippen LogP contribution in [0.5, 0.6) is 0 Å². The molecule has 0 radical (unpaired) electrons. The SMILES string of the molecule is CNC(=O)c1ccc(CN(C)Cn2nc([C@@H](C)N3CCCCC3)n(-c3ccccc3)c2=S)cc1. The van der Waals surface area contributed by atoms with Gasteiger partial charge in [-0.2, -0.15) is 5.10 Å². The van der Waals surface area contributed by atoms with Crippen LogP contribution < -0.4 is 5.32 Å². The Kier molecular flexibility index (Phi) is 7.92. The van der Waals surface area contributed by atoms with Crippen LogP contribution in [0.4, 0.5) is 0 Å². The summed E-state index contributed by atoms with van der Waals surface area (Å²) in [6, 6.07) is 18.2. The van der Waals surface area contributed by atoms with Crippen molar-refractivity contribution in [2.45, 2.75) is 45.4 Å². The molecule has 1 amide bonds. The van der Waals surface area contributed by atoms with Crippen molar-refractivity contribution in [3.63, 3.8) is 0 Å². The summed E-state index contributed by atoms with van der Waals surface area (Å²) < 4.78 is 4.75. The number of benzene rings is 2. The van der Waals surface area contributed by atoms with Gasteiger partial charge in [0.25, 0.3) is 5.91 Å². The van der Waals surface area contributed by atoms with E-state index in [0.717, 1.165) is 36.7 Å². The van der Waals surface area contributed by atoms with Crippen LogP contribution in [0.3, 0.4) is 0 Å². The number of amides is 1. The molecule has 1 N–H and O–H groups in total. The third kappa shape index (κ3) is 5.46. The molecule has 3 aromatic rings. The second kappa shape index (κ2) is 11.1. The van der Waals surface area contributed by atoms with Gasteiger partial charge in [-0.15, -0.1) is 0 Å². The standard InChI is InChI=1S/C26H34N6OS/c1-20(30-16-8-5-9-17-30)24-28-31(26(34)32(24)23-10-6-4-7-11-23)19-29(3)18-21-12-14-22(15-13-21)25(33)27-2/h4,6-7,10-15,20H,5,8-9,16-19H2,1-3H3,(H,27,33)/t20-/m1/s1. The van der Waals surface area contributed by atoms with Gasteiger partial charge in [0.1, 0.15) is 0 Å². The highest BCUT2D eigenvalue weighted by molar-refractivity contribution is 7.71. The molecule has 0 saturated carbocycles. The van der Waals surface area contributed by atoms with Crippen LogP contribution in [-0.4, -0.2) is 57.2 Å². The molecule has 34 heavy (non-hydrogen) atoms. The molecule has 1 aliphatic heterocycles. The van der Waals surface area contributed by atoms with Crippen LogP contribution in [0.25, 0.3) is 5.69 Å². The number of carbonyl (C=O) groups excluding carboxylic acids is 1. The molecule has 1 fully saturated rings. The molecule has 1 aromatic heterocycles. The van der Waals surface area contributed by atoms with E-state index < -0.39 is 0 Å². The van der Waals surface area contributed by atoms with Crippen molar-refractivity contribution in [2.24, 2.45) is 0 Å². The number of rotatable bonds is 8. The lowest BCUT2D eigenvalue weighted by Crippen LogP contribution is -2.33. The Bertz CT molecular complexity index is 1150. The van der Waals surface area contributed by atoms with E-state index in [1.807, 2.05) is 47.1 Å². The molecule has 7 nitrogen and oxygen atoms in total. The Balaban J connectivity index is 1.57. The molecule has 1 atom stereocenters. The number of carbonyl (C=O) groups is 1. The fourth-order valence-corrected chi connectivity index (χ4v) is 4.87. The first-order valence-electron chi connectivity index (χ1n) is 12.0. The van der Waals surface area contributed by atoms with E-state index in [1.165, 1.54) is 19.3 Å². The van der Waals surface area contributed by atoms with Gasteiger partial charge in [-0.25, -0.2) is 4.68 Å². The second-order valence-corrected chi connectivity index (χ2v) is 9.38. The first-order chi connectivity index (χ1) is 16.5. The molecular weight excluding hydrogens is 444 g/mol. The van der Waals surface area contributed by atoms with E-state index in [4.69, 9.17) is 17.3 Å². The Hall–Kier alpha value is -2.81. The van der Waals surface area contributed by atoms with Gasteiger partial charge in [0.05, 0.1) is 12.7 Å². The smallest absolute Gasteiger partial charge is 0.251 e. The topological polar surface area (TPSA) is 58.3 Å². The zero-order chi connectivity index (χ0) is 24.1. The van der Waals surface area contributed by atoms with Crippen LogP contribution in [0.2, 0.25) is 0 Å². The van der Waals surface area contributed by atoms with Crippen LogP contribution in [-0.2, 0) is 13.2 Å². The highest BCUT2D eigenvalue weighted by atomic mass is 32.1. The minimum atomic E-state index is -0.0759. The Labute approximate surface area is 207 Å². The lowest BCUT2D eigenvalue weighted by Gasteiger charge is -2.31. The summed E-state index contributed by atoms with van der Waals surface area (Å²) in [5, 5.41) is 7.69. The predicted octanol–water partition coefficient (Wildman–Crippen LogP) is 4.40. The third-order valence-electron chi connectivity index (χ3n) is 6.46. The van der Waals surface area contributed by atoms with Gasteiger partial charge >= 0.3 is 0 Å². The van der Waals surface area contributed by atoms with Gasteiger partial charge in [-0.05, 0) is 81.9 Å². The summed E-state index contributed by atoms with van der Waals surface area (Å²) in [6.45, 7) is 5.74. The van der Waals surface area contributed by atoms with Gasteiger partial charge in [0.15, 0.2) is 5.82 Å². The van der Waals surface area contributed by atoms with E-state index in [0.29, 0.717) is 17.0 Å². The number of aromatic nitrogens is 3. The van der Waals surface area contributed by atoms with E-state index in [2.05, 4.69) is 45.8 Å². The first kappa shape index (κ1) is 24.3. The summed E-state index contributed by atoms with van der Waals surface area (Å²) in [6.07, 6.45) is 3.77. The Morgan fingerprint density at radius 2 is 1.76 bits per heavy atom. The number of hydrogen-bond acceptors (Lipinski definition) is 5.